The molecule has 3 unspecified atom stereocenters. The van der Waals surface area contributed by atoms with Crippen molar-refractivity contribution < 1.29 is 14.3 Å². The van der Waals surface area contributed by atoms with Gasteiger partial charge in [0, 0.05) is 28.0 Å². The van der Waals surface area contributed by atoms with Gasteiger partial charge in [-0.25, -0.2) is 0 Å². The van der Waals surface area contributed by atoms with Crippen molar-refractivity contribution in [1.82, 2.24) is 10.3 Å². The second kappa shape index (κ2) is 6.22. The lowest BCUT2D eigenvalue weighted by Gasteiger charge is -2.16. The van der Waals surface area contributed by atoms with E-state index < -0.39 is 0 Å². The zero-order valence-corrected chi connectivity index (χ0v) is 13.4. The summed E-state index contributed by atoms with van der Waals surface area (Å²) in [6, 6.07) is 6.61. The Labute approximate surface area is 138 Å². The van der Waals surface area contributed by atoms with E-state index >= 15 is 0 Å². The Bertz CT molecular complexity index is 758. The first-order valence-corrected chi connectivity index (χ1v) is 7.78. The van der Waals surface area contributed by atoms with Crippen LogP contribution in [0.5, 0.6) is 0 Å². The molecule has 0 aliphatic heterocycles. The summed E-state index contributed by atoms with van der Waals surface area (Å²) in [4.78, 5) is 27.1. The normalized spacial score (nSPS) is 23.9. The number of amides is 1. The van der Waals surface area contributed by atoms with Crippen molar-refractivity contribution in [3.63, 3.8) is 0 Å². The van der Waals surface area contributed by atoms with Gasteiger partial charge < -0.3 is 20.8 Å². The van der Waals surface area contributed by atoms with Crippen molar-refractivity contribution in [2.45, 2.75) is 24.9 Å². The van der Waals surface area contributed by atoms with Crippen molar-refractivity contribution in [2.75, 3.05) is 7.11 Å². The molecule has 0 bridgehead atoms. The number of ether oxygens (including phenoxy) is 1. The number of aromatic nitrogens is 1. The fourth-order valence-electron chi connectivity index (χ4n) is 3.07. The topological polar surface area (TPSA) is 97.2 Å². The smallest absolute Gasteiger partial charge is 0.308 e. The molecule has 1 saturated carbocycles. The number of carbonyl (C=O) groups excluding carboxylic acids is 2. The number of hydrogen-bond acceptors (Lipinski definition) is 4. The van der Waals surface area contributed by atoms with Gasteiger partial charge in [-0.1, -0.05) is 11.6 Å². The van der Waals surface area contributed by atoms with Crippen molar-refractivity contribution in [1.29, 1.82) is 0 Å². The van der Waals surface area contributed by atoms with E-state index in [2.05, 4.69) is 10.3 Å². The maximum absolute atomic E-state index is 12.4. The second-order valence-corrected chi connectivity index (χ2v) is 6.29. The van der Waals surface area contributed by atoms with E-state index in [-0.39, 0.29) is 29.9 Å². The Morgan fingerprint density at radius 2 is 2.13 bits per heavy atom. The van der Waals surface area contributed by atoms with Crippen LogP contribution in [-0.2, 0) is 9.53 Å². The summed E-state index contributed by atoms with van der Waals surface area (Å²) < 4.78 is 4.75. The van der Waals surface area contributed by atoms with E-state index in [0.29, 0.717) is 23.6 Å². The Morgan fingerprint density at radius 1 is 1.35 bits per heavy atom. The molecular weight excluding hydrogens is 318 g/mol. The number of methoxy groups -OCH3 is 1. The minimum atomic E-state index is -0.280. The van der Waals surface area contributed by atoms with Gasteiger partial charge in [0.1, 0.15) is 5.69 Å². The number of benzene rings is 1. The fourth-order valence-corrected chi connectivity index (χ4v) is 3.25. The highest BCUT2D eigenvalue weighted by molar-refractivity contribution is 6.31. The number of nitrogens with one attached hydrogen (secondary N) is 2. The van der Waals surface area contributed by atoms with E-state index in [1.807, 2.05) is 6.07 Å². The number of H-pyrrole nitrogens is 1. The number of halogens is 1. The first-order chi connectivity index (χ1) is 11.0. The van der Waals surface area contributed by atoms with Crippen molar-refractivity contribution in [3.05, 3.63) is 35.0 Å². The van der Waals surface area contributed by atoms with Gasteiger partial charge in [-0.3, -0.25) is 9.59 Å². The van der Waals surface area contributed by atoms with Gasteiger partial charge in [-0.05, 0) is 37.1 Å². The Kier molecular flexibility index (Phi) is 4.28. The average molecular weight is 336 g/mol. The van der Waals surface area contributed by atoms with E-state index in [1.54, 1.807) is 18.2 Å². The highest BCUT2D eigenvalue weighted by Crippen LogP contribution is 2.26. The zero-order valence-electron chi connectivity index (χ0n) is 12.6. The number of nitrogens with two attached hydrogens (primary N) is 1. The SMILES string of the molecule is COC(=O)C1CC(N)C(NC(=O)c2cc3cc(Cl)ccc3[nH]2)C1. The van der Waals surface area contributed by atoms with Gasteiger partial charge in [-0.15, -0.1) is 0 Å². The largest absolute Gasteiger partial charge is 0.469 e. The van der Waals surface area contributed by atoms with Crippen LogP contribution in [0.3, 0.4) is 0 Å². The molecule has 3 atom stereocenters. The van der Waals surface area contributed by atoms with Gasteiger partial charge in [0.15, 0.2) is 0 Å². The van der Waals surface area contributed by atoms with Crippen LogP contribution in [-0.4, -0.2) is 36.1 Å². The predicted molar refractivity (Wildman–Crippen MR) is 87.3 cm³/mol. The maximum atomic E-state index is 12.4. The van der Waals surface area contributed by atoms with Crippen LogP contribution in [0.25, 0.3) is 10.9 Å². The number of rotatable bonds is 3. The Morgan fingerprint density at radius 3 is 2.87 bits per heavy atom. The predicted octanol–water partition coefficient (Wildman–Crippen LogP) is 1.83. The monoisotopic (exact) mass is 335 g/mol. The molecule has 3 rings (SSSR count). The summed E-state index contributed by atoms with van der Waals surface area (Å²) in [5.41, 5.74) is 7.31. The van der Waals surface area contributed by atoms with Gasteiger partial charge in [0.25, 0.3) is 5.91 Å². The number of fused-ring (bicyclic) bond motifs is 1. The van der Waals surface area contributed by atoms with Gasteiger partial charge in [-0.2, -0.15) is 0 Å². The summed E-state index contributed by atoms with van der Waals surface area (Å²) in [6.07, 6.45) is 1.01. The van der Waals surface area contributed by atoms with E-state index in [1.165, 1.54) is 7.11 Å². The van der Waals surface area contributed by atoms with Crippen LogP contribution < -0.4 is 11.1 Å². The molecule has 4 N–H and O–H groups in total. The van der Waals surface area contributed by atoms with Gasteiger partial charge in [0.05, 0.1) is 13.0 Å². The van der Waals surface area contributed by atoms with Crippen molar-refractivity contribution in [2.24, 2.45) is 11.7 Å². The minimum Gasteiger partial charge on any atom is -0.469 e. The third kappa shape index (κ3) is 3.18. The number of aromatic amines is 1. The maximum Gasteiger partial charge on any atom is 0.308 e. The molecule has 7 heteroatoms. The zero-order chi connectivity index (χ0) is 16.6. The molecule has 1 aromatic heterocycles. The first kappa shape index (κ1) is 15.8. The quantitative estimate of drug-likeness (QED) is 0.745. The highest BCUT2D eigenvalue weighted by atomic mass is 35.5. The molecule has 1 aliphatic rings. The van der Waals surface area contributed by atoms with Crippen LogP contribution >= 0.6 is 11.6 Å². The average Bonchev–Trinajstić information content (AvgIpc) is 3.10. The summed E-state index contributed by atoms with van der Waals surface area (Å²) >= 11 is 5.95. The molecule has 6 nitrogen and oxygen atoms in total. The molecule has 1 fully saturated rings. The summed E-state index contributed by atoms with van der Waals surface area (Å²) in [7, 11) is 1.36. The summed E-state index contributed by atoms with van der Waals surface area (Å²) in [6.45, 7) is 0. The summed E-state index contributed by atoms with van der Waals surface area (Å²) in [5, 5.41) is 4.37. The van der Waals surface area contributed by atoms with E-state index in [4.69, 9.17) is 22.1 Å². The molecule has 23 heavy (non-hydrogen) atoms. The standard InChI is InChI=1S/C16H18ClN3O3/c1-23-16(22)9-5-11(18)13(7-9)20-15(21)14-6-8-4-10(17)2-3-12(8)19-14/h2-4,6,9,11,13,19H,5,7,18H2,1H3,(H,20,21). The van der Waals surface area contributed by atoms with Crippen LogP contribution in [0.15, 0.2) is 24.3 Å². The highest BCUT2D eigenvalue weighted by Gasteiger charge is 2.37. The molecule has 0 saturated heterocycles. The van der Waals surface area contributed by atoms with Crippen LogP contribution in [0.2, 0.25) is 5.02 Å². The number of carbonyl (C=O) groups is 2. The third-order valence-corrected chi connectivity index (χ3v) is 4.53. The molecule has 1 aromatic carbocycles. The summed E-state index contributed by atoms with van der Waals surface area (Å²) in [5.74, 6) is -0.789. The second-order valence-electron chi connectivity index (χ2n) is 5.85. The molecule has 1 heterocycles. The molecular formula is C16H18ClN3O3. The fraction of sp³-hybridized carbons (Fsp3) is 0.375. The Balaban J connectivity index is 1.72. The molecule has 122 valence electrons. The van der Waals surface area contributed by atoms with Crippen LogP contribution in [0.1, 0.15) is 23.3 Å². The van der Waals surface area contributed by atoms with Gasteiger partial charge >= 0.3 is 5.97 Å². The minimum absolute atomic E-state index is 0.247. The van der Waals surface area contributed by atoms with E-state index in [9.17, 15) is 9.59 Å². The first-order valence-electron chi connectivity index (χ1n) is 7.40. The molecule has 1 aliphatic carbocycles. The van der Waals surface area contributed by atoms with Crippen LogP contribution in [0, 0.1) is 5.92 Å². The van der Waals surface area contributed by atoms with Gasteiger partial charge in [0.2, 0.25) is 0 Å². The number of esters is 1. The lowest BCUT2D eigenvalue weighted by atomic mass is 10.1. The van der Waals surface area contributed by atoms with Crippen molar-refractivity contribution >= 4 is 34.4 Å². The van der Waals surface area contributed by atoms with Crippen molar-refractivity contribution in [3.8, 4) is 0 Å². The van der Waals surface area contributed by atoms with Crippen LogP contribution in [0.4, 0.5) is 0 Å². The lowest BCUT2D eigenvalue weighted by molar-refractivity contribution is -0.145. The molecule has 1 amide bonds. The number of hydrogen-bond donors (Lipinski definition) is 3. The lowest BCUT2D eigenvalue weighted by Crippen LogP contribution is -2.44. The molecule has 2 aromatic rings. The van der Waals surface area contributed by atoms with E-state index in [0.717, 1.165) is 10.9 Å². The molecule has 0 spiro atoms. The Hall–Kier alpha value is -2.05. The molecule has 0 radical (unpaired) electrons. The third-order valence-electron chi connectivity index (χ3n) is 4.29.